The van der Waals surface area contributed by atoms with Crippen molar-refractivity contribution < 1.29 is 10.2 Å². The average molecular weight is 417 g/mol. The molecule has 0 amide bonds. The Morgan fingerprint density at radius 3 is 2.27 bits per heavy atom. The molecule has 0 spiro atoms. The van der Waals surface area contributed by atoms with E-state index in [0.717, 1.165) is 54.8 Å². The fourth-order valence-electron chi connectivity index (χ4n) is 9.76. The maximum atomic E-state index is 10.7. The van der Waals surface area contributed by atoms with Gasteiger partial charge in [0.1, 0.15) is 0 Å². The highest BCUT2D eigenvalue weighted by atomic mass is 16.3. The van der Waals surface area contributed by atoms with Crippen LogP contribution in [0.5, 0.6) is 0 Å². The lowest BCUT2D eigenvalue weighted by Crippen LogP contribution is -2.55. The molecule has 0 unspecified atom stereocenters. The Kier molecular flexibility index (Phi) is 5.42. The summed E-state index contributed by atoms with van der Waals surface area (Å²) in [5.74, 6) is 5.77. The summed E-state index contributed by atoms with van der Waals surface area (Å²) in [5.41, 5.74) is 0.595. The first-order chi connectivity index (χ1) is 14.1. The van der Waals surface area contributed by atoms with Gasteiger partial charge >= 0.3 is 0 Å². The van der Waals surface area contributed by atoms with Crippen LogP contribution in [0.25, 0.3) is 0 Å². The standard InChI is InChI=1S/C28H48O2/c1-18(5-12-25(29)19-6-7-19)22-10-11-23-21-9-8-20-17-26(2,30)15-16-27(20,3)24(21)13-14-28(22,23)4/h18-25,29-30H,5-17H2,1-4H3/t18-,20+,21+,22-,23+,24+,25+,26+,27+,28-/m1/s1. The smallest absolute Gasteiger partial charge is 0.0622 e. The lowest BCUT2D eigenvalue weighted by atomic mass is 9.43. The predicted octanol–water partition coefficient (Wildman–Crippen LogP) is 6.58. The molecule has 172 valence electrons. The van der Waals surface area contributed by atoms with Crippen molar-refractivity contribution in [3.05, 3.63) is 0 Å². The van der Waals surface area contributed by atoms with Gasteiger partial charge in [0.05, 0.1) is 11.7 Å². The fourth-order valence-corrected chi connectivity index (χ4v) is 9.76. The molecule has 2 N–H and O–H groups in total. The van der Waals surface area contributed by atoms with E-state index in [9.17, 15) is 10.2 Å². The van der Waals surface area contributed by atoms with E-state index in [1.807, 2.05) is 0 Å². The molecule has 0 radical (unpaired) electrons. The first-order valence-corrected chi connectivity index (χ1v) is 13.5. The van der Waals surface area contributed by atoms with Gasteiger partial charge in [0.2, 0.25) is 0 Å². The van der Waals surface area contributed by atoms with Gasteiger partial charge in [-0.1, -0.05) is 20.8 Å². The van der Waals surface area contributed by atoms with Crippen molar-refractivity contribution in [3.63, 3.8) is 0 Å². The monoisotopic (exact) mass is 416 g/mol. The Balaban J connectivity index is 1.28. The highest BCUT2D eigenvalue weighted by molar-refractivity contribution is 5.10. The van der Waals surface area contributed by atoms with E-state index in [2.05, 4.69) is 27.7 Å². The molecular formula is C28H48O2. The van der Waals surface area contributed by atoms with Gasteiger partial charge in [0, 0.05) is 0 Å². The number of fused-ring (bicyclic) bond motifs is 5. The Morgan fingerprint density at radius 1 is 0.800 bits per heavy atom. The van der Waals surface area contributed by atoms with Crippen molar-refractivity contribution >= 4 is 0 Å². The van der Waals surface area contributed by atoms with Crippen molar-refractivity contribution in [1.82, 2.24) is 0 Å². The second-order valence-electron chi connectivity index (χ2n) is 13.5. The number of aliphatic hydroxyl groups is 2. The Morgan fingerprint density at radius 2 is 1.53 bits per heavy atom. The third kappa shape index (κ3) is 3.51. The van der Waals surface area contributed by atoms with E-state index in [-0.39, 0.29) is 6.10 Å². The minimum atomic E-state index is -0.418. The normalized spacial score (nSPS) is 52.8. The van der Waals surface area contributed by atoms with Crippen LogP contribution < -0.4 is 0 Å². The summed E-state index contributed by atoms with van der Waals surface area (Å²) in [7, 11) is 0. The van der Waals surface area contributed by atoms with E-state index in [1.165, 1.54) is 64.2 Å². The summed E-state index contributed by atoms with van der Waals surface area (Å²) in [4.78, 5) is 0. The summed E-state index contributed by atoms with van der Waals surface area (Å²) >= 11 is 0. The molecule has 0 aliphatic heterocycles. The molecule has 0 saturated heterocycles. The number of aliphatic hydroxyl groups excluding tert-OH is 1. The molecule has 30 heavy (non-hydrogen) atoms. The van der Waals surface area contributed by atoms with Gasteiger partial charge in [-0.05, 0) is 143 Å². The maximum absolute atomic E-state index is 10.7. The van der Waals surface area contributed by atoms with Crippen molar-refractivity contribution in [2.75, 3.05) is 0 Å². The van der Waals surface area contributed by atoms with E-state index in [0.29, 0.717) is 16.7 Å². The first kappa shape index (κ1) is 21.7. The summed E-state index contributed by atoms with van der Waals surface area (Å²) < 4.78 is 0. The van der Waals surface area contributed by atoms with Crippen molar-refractivity contribution in [2.45, 2.75) is 123 Å². The molecule has 0 heterocycles. The number of hydrogen-bond acceptors (Lipinski definition) is 2. The topological polar surface area (TPSA) is 40.5 Å². The second-order valence-corrected chi connectivity index (χ2v) is 13.5. The van der Waals surface area contributed by atoms with Crippen LogP contribution in [0.2, 0.25) is 0 Å². The molecular weight excluding hydrogens is 368 g/mol. The Labute approximate surface area is 185 Å². The Hall–Kier alpha value is -0.0800. The summed E-state index contributed by atoms with van der Waals surface area (Å²) in [6.07, 6.45) is 16.6. The van der Waals surface area contributed by atoms with E-state index in [4.69, 9.17) is 0 Å². The lowest BCUT2D eigenvalue weighted by Gasteiger charge is -2.62. The molecule has 2 heteroatoms. The van der Waals surface area contributed by atoms with E-state index < -0.39 is 5.60 Å². The third-order valence-corrected chi connectivity index (χ3v) is 11.8. The highest BCUT2D eigenvalue weighted by Gasteiger charge is 2.61. The van der Waals surface area contributed by atoms with Crippen LogP contribution in [0.3, 0.4) is 0 Å². The van der Waals surface area contributed by atoms with Gasteiger partial charge in [0.15, 0.2) is 0 Å². The first-order valence-electron chi connectivity index (χ1n) is 13.5. The van der Waals surface area contributed by atoms with Crippen molar-refractivity contribution in [1.29, 1.82) is 0 Å². The van der Waals surface area contributed by atoms with E-state index >= 15 is 0 Å². The zero-order valence-electron chi connectivity index (χ0n) is 20.2. The fraction of sp³-hybridized carbons (Fsp3) is 1.00. The van der Waals surface area contributed by atoms with Crippen LogP contribution in [0.4, 0.5) is 0 Å². The largest absolute Gasteiger partial charge is 0.393 e. The lowest BCUT2D eigenvalue weighted by molar-refractivity contribution is -0.148. The van der Waals surface area contributed by atoms with Crippen molar-refractivity contribution in [3.8, 4) is 0 Å². The molecule has 0 aromatic heterocycles. The van der Waals surface area contributed by atoms with Gasteiger partial charge in [-0.25, -0.2) is 0 Å². The Bertz CT molecular complexity index is 639. The third-order valence-electron chi connectivity index (χ3n) is 11.8. The van der Waals surface area contributed by atoms with Gasteiger partial charge in [-0.3, -0.25) is 0 Å². The average Bonchev–Trinajstić information content (AvgIpc) is 3.48. The van der Waals surface area contributed by atoms with Crippen LogP contribution in [0.15, 0.2) is 0 Å². The summed E-state index contributed by atoms with van der Waals surface area (Å²) in [6, 6.07) is 0. The van der Waals surface area contributed by atoms with Crippen molar-refractivity contribution in [2.24, 2.45) is 52.3 Å². The van der Waals surface area contributed by atoms with E-state index in [1.54, 1.807) is 0 Å². The SMILES string of the molecule is C[C@H](CC[C@H](O)C1CC1)[C@H]1CC[C@H]2[C@@H]3CC[C@H]4C[C@@](C)(O)CC[C@]4(C)[C@H]3CC[C@]12C. The molecule has 5 aliphatic carbocycles. The highest BCUT2D eigenvalue weighted by Crippen LogP contribution is 2.68. The minimum absolute atomic E-state index is 0.0214. The van der Waals surface area contributed by atoms with Crippen LogP contribution in [0.1, 0.15) is 111 Å². The molecule has 0 bridgehead atoms. The van der Waals surface area contributed by atoms with Gasteiger partial charge < -0.3 is 10.2 Å². The number of hydrogen-bond donors (Lipinski definition) is 2. The maximum Gasteiger partial charge on any atom is 0.0622 e. The van der Waals surface area contributed by atoms with Gasteiger partial charge in [-0.2, -0.15) is 0 Å². The van der Waals surface area contributed by atoms with Crippen LogP contribution in [-0.2, 0) is 0 Å². The van der Waals surface area contributed by atoms with Gasteiger partial charge in [-0.15, -0.1) is 0 Å². The van der Waals surface area contributed by atoms with Gasteiger partial charge in [0.25, 0.3) is 0 Å². The second kappa shape index (κ2) is 7.47. The summed E-state index contributed by atoms with van der Waals surface area (Å²) in [5, 5.41) is 21.1. The molecule has 10 atom stereocenters. The molecule has 5 rings (SSSR count). The zero-order chi connectivity index (χ0) is 21.3. The van der Waals surface area contributed by atoms with Crippen LogP contribution in [0, 0.1) is 52.3 Å². The predicted molar refractivity (Wildman–Crippen MR) is 123 cm³/mol. The van der Waals surface area contributed by atoms with Crippen LogP contribution in [-0.4, -0.2) is 21.9 Å². The molecule has 5 aliphatic rings. The minimum Gasteiger partial charge on any atom is -0.393 e. The summed E-state index contributed by atoms with van der Waals surface area (Å²) in [6.45, 7) is 9.87. The van der Waals surface area contributed by atoms with Crippen LogP contribution >= 0.6 is 0 Å². The molecule has 5 saturated carbocycles. The zero-order valence-corrected chi connectivity index (χ0v) is 20.2. The number of rotatable bonds is 5. The molecule has 0 aromatic rings. The molecule has 2 nitrogen and oxygen atoms in total. The molecule has 0 aromatic carbocycles. The quantitative estimate of drug-likeness (QED) is 0.531. The molecule has 5 fully saturated rings.